The van der Waals surface area contributed by atoms with E-state index >= 15 is 0 Å². The molecule has 0 radical (unpaired) electrons. The number of hydrogen-bond acceptors (Lipinski definition) is 4. The van der Waals surface area contributed by atoms with Gasteiger partial charge >= 0.3 is 0 Å². The molecule has 18 heavy (non-hydrogen) atoms. The zero-order valence-corrected chi connectivity index (χ0v) is 12.1. The number of amides is 1. The first kappa shape index (κ1) is 15.1. The van der Waals surface area contributed by atoms with E-state index in [4.69, 9.17) is 10.9 Å². The summed E-state index contributed by atoms with van der Waals surface area (Å²) in [7, 11) is 0. The average molecular weight is 273 g/mol. The van der Waals surface area contributed by atoms with Crippen molar-refractivity contribution in [1.29, 1.82) is 0 Å². The van der Waals surface area contributed by atoms with Crippen molar-refractivity contribution in [2.24, 2.45) is 16.3 Å². The van der Waals surface area contributed by atoms with Gasteiger partial charge in [-0.25, -0.2) is 0 Å². The zero-order valence-electron chi connectivity index (χ0n) is 11.3. The van der Waals surface area contributed by atoms with E-state index < -0.39 is 5.41 Å². The van der Waals surface area contributed by atoms with Gasteiger partial charge in [0.15, 0.2) is 5.84 Å². The summed E-state index contributed by atoms with van der Waals surface area (Å²) in [6.07, 6.45) is 3.30. The van der Waals surface area contributed by atoms with E-state index in [1.54, 1.807) is 13.8 Å². The van der Waals surface area contributed by atoms with Crippen LogP contribution in [-0.2, 0) is 4.79 Å². The third-order valence-electron chi connectivity index (χ3n) is 3.47. The molecule has 0 bridgehead atoms. The Morgan fingerprint density at radius 3 is 2.78 bits per heavy atom. The molecule has 1 fully saturated rings. The lowest BCUT2D eigenvalue weighted by Crippen LogP contribution is -2.50. The molecule has 2 atom stereocenters. The van der Waals surface area contributed by atoms with Crippen LogP contribution in [-0.4, -0.2) is 34.0 Å². The fourth-order valence-corrected chi connectivity index (χ4v) is 3.29. The number of carbonyl (C=O) groups excluding carboxylic acids is 1. The van der Waals surface area contributed by atoms with Crippen LogP contribution in [0.1, 0.15) is 40.0 Å². The Kier molecular flexibility index (Phi) is 5.31. The van der Waals surface area contributed by atoms with E-state index in [1.807, 2.05) is 11.8 Å². The van der Waals surface area contributed by atoms with Gasteiger partial charge in [-0.1, -0.05) is 18.5 Å². The zero-order chi connectivity index (χ0) is 13.8. The number of nitrogens with one attached hydrogen (secondary N) is 1. The van der Waals surface area contributed by atoms with Crippen molar-refractivity contribution >= 4 is 23.5 Å². The summed E-state index contributed by atoms with van der Waals surface area (Å²) >= 11 is 1.89. The predicted molar refractivity (Wildman–Crippen MR) is 74.9 cm³/mol. The van der Waals surface area contributed by atoms with Crippen molar-refractivity contribution in [3.63, 3.8) is 0 Å². The van der Waals surface area contributed by atoms with Gasteiger partial charge in [-0.15, -0.1) is 0 Å². The highest BCUT2D eigenvalue weighted by molar-refractivity contribution is 7.99. The molecule has 0 aliphatic heterocycles. The van der Waals surface area contributed by atoms with E-state index in [2.05, 4.69) is 17.4 Å². The van der Waals surface area contributed by atoms with Crippen molar-refractivity contribution < 1.29 is 10.0 Å². The number of amidine groups is 1. The molecular weight excluding hydrogens is 250 g/mol. The quantitative estimate of drug-likeness (QED) is 0.307. The van der Waals surface area contributed by atoms with Crippen molar-refractivity contribution in [3.8, 4) is 0 Å². The van der Waals surface area contributed by atoms with Crippen molar-refractivity contribution in [2.45, 2.75) is 51.3 Å². The highest BCUT2D eigenvalue weighted by Crippen LogP contribution is 2.30. The molecule has 5 nitrogen and oxygen atoms in total. The lowest BCUT2D eigenvalue weighted by molar-refractivity contribution is -0.127. The standard InChI is InChI=1S/C12H23N3O2S/c1-4-18-9-7-5-6-8(9)14-11(16)12(2,3)10(13)15-17/h8-9,17H,4-7H2,1-3H3,(H2,13,15)(H,14,16). The molecule has 2 unspecified atom stereocenters. The molecule has 0 aromatic carbocycles. The van der Waals surface area contributed by atoms with Crippen LogP contribution in [0.15, 0.2) is 5.16 Å². The monoisotopic (exact) mass is 273 g/mol. The summed E-state index contributed by atoms with van der Waals surface area (Å²) in [6, 6.07) is 0.202. The lowest BCUT2D eigenvalue weighted by Gasteiger charge is -2.27. The Morgan fingerprint density at radius 2 is 2.22 bits per heavy atom. The molecule has 4 N–H and O–H groups in total. The number of rotatable bonds is 5. The van der Waals surface area contributed by atoms with Crippen LogP contribution in [0.25, 0.3) is 0 Å². The fourth-order valence-electron chi connectivity index (χ4n) is 2.09. The van der Waals surface area contributed by atoms with Gasteiger partial charge in [-0.3, -0.25) is 4.79 Å². The Balaban J connectivity index is 2.64. The fraction of sp³-hybridized carbons (Fsp3) is 0.833. The van der Waals surface area contributed by atoms with Crippen LogP contribution >= 0.6 is 11.8 Å². The molecular formula is C12H23N3O2S. The van der Waals surface area contributed by atoms with Gasteiger partial charge in [0.2, 0.25) is 5.91 Å². The van der Waals surface area contributed by atoms with Crippen LogP contribution in [0.3, 0.4) is 0 Å². The minimum absolute atomic E-state index is 0.0577. The minimum atomic E-state index is -0.973. The van der Waals surface area contributed by atoms with Gasteiger partial charge < -0.3 is 16.3 Å². The largest absolute Gasteiger partial charge is 0.409 e. The van der Waals surface area contributed by atoms with Gasteiger partial charge in [-0.2, -0.15) is 11.8 Å². The van der Waals surface area contributed by atoms with E-state index in [-0.39, 0.29) is 17.8 Å². The van der Waals surface area contributed by atoms with E-state index in [9.17, 15) is 4.79 Å². The molecule has 1 aliphatic rings. The molecule has 0 spiro atoms. The van der Waals surface area contributed by atoms with Crippen molar-refractivity contribution in [3.05, 3.63) is 0 Å². The molecule has 0 aromatic rings. The average Bonchev–Trinajstić information content (AvgIpc) is 2.76. The highest BCUT2D eigenvalue weighted by Gasteiger charge is 2.36. The molecule has 1 rings (SSSR count). The lowest BCUT2D eigenvalue weighted by atomic mass is 9.90. The second-order valence-corrected chi connectivity index (χ2v) is 6.63. The SMILES string of the molecule is CCSC1CCCC1NC(=O)C(C)(C)C(N)=NO. The first-order chi connectivity index (χ1) is 8.43. The molecule has 6 heteroatoms. The third kappa shape index (κ3) is 3.31. The first-order valence-electron chi connectivity index (χ1n) is 6.34. The Bertz CT molecular complexity index is 331. The van der Waals surface area contributed by atoms with Crippen molar-refractivity contribution in [1.82, 2.24) is 5.32 Å². The number of oxime groups is 1. The van der Waals surface area contributed by atoms with Crippen LogP contribution in [0.2, 0.25) is 0 Å². The number of nitrogens with two attached hydrogens (primary N) is 1. The van der Waals surface area contributed by atoms with Gasteiger partial charge in [0.05, 0.1) is 0 Å². The summed E-state index contributed by atoms with van der Waals surface area (Å²) in [5.41, 5.74) is 4.58. The van der Waals surface area contributed by atoms with Crippen LogP contribution in [0.4, 0.5) is 0 Å². The Hall–Kier alpha value is -0.910. The number of thioether (sulfide) groups is 1. The van der Waals surface area contributed by atoms with Crippen LogP contribution in [0, 0.1) is 5.41 Å². The van der Waals surface area contributed by atoms with Crippen LogP contribution < -0.4 is 11.1 Å². The van der Waals surface area contributed by atoms with E-state index in [1.165, 1.54) is 0 Å². The maximum Gasteiger partial charge on any atom is 0.233 e. The number of carbonyl (C=O) groups is 1. The maximum absolute atomic E-state index is 12.2. The molecule has 1 amide bonds. The molecule has 104 valence electrons. The first-order valence-corrected chi connectivity index (χ1v) is 7.39. The van der Waals surface area contributed by atoms with Crippen LogP contribution in [0.5, 0.6) is 0 Å². The number of hydrogen-bond donors (Lipinski definition) is 3. The van der Waals surface area contributed by atoms with Gasteiger partial charge in [0.1, 0.15) is 5.41 Å². The Morgan fingerprint density at radius 1 is 1.56 bits per heavy atom. The Labute approximate surface area is 113 Å². The van der Waals surface area contributed by atoms with Gasteiger partial charge in [0, 0.05) is 11.3 Å². The van der Waals surface area contributed by atoms with Gasteiger partial charge in [0.25, 0.3) is 0 Å². The maximum atomic E-state index is 12.2. The van der Waals surface area contributed by atoms with E-state index in [0.717, 1.165) is 25.0 Å². The summed E-state index contributed by atoms with van der Waals surface area (Å²) < 4.78 is 0. The predicted octanol–water partition coefficient (Wildman–Crippen LogP) is 1.55. The molecule has 1 saturated carbocycles. The van der Waals surface area contributed by atoms with Crippen molar-refractivity contribution in [2.75, 3.05) is 5.75 Å². The summed E-state index contributed by atoms with van der Waals surface area (Å²) in [5, 5.41) is 15.2. The smallest absolute Gasteiger partial charge is 0.233 e. The summed E-state index contributed by atoms with van der Waals surface area (Å²) in [4.78, 5) is 12.2. The summed E-state index contributed by atoms with van der Waals surface area (Å²) in [6.45, 7) is 5.45. The second kappa shape index (κ2) is 6.31. The summed E-state index contributed by atoms with van der Waals surface area (Å²) in [5.74, 6) is 0.824. The third-order valence-corrected chi connectivity index (χ3v) is 4.79. The van der Waals surface area contributed by atoms with Gasteiger partial charge in [-0.05, 0) is 32.4 Å². The topological polar surface area (TPSA) is 87.7 Å². The second-order valence-electron chi connectivity index (χ2n) is 5.11. The normalized spacial score (nSPS) is 25.2. The number of nitrogens with zero attached hydrogens (tertiary/aromatic N) is 1. The molecule has 0 saturated heterocycles. The van der Waals surface area contributed by atoms with E-state index in [0.29, 0.717) is 5.25 Å². The highest BCUT2D eigenvalue weighted by atomic mass is 32.2. The molecule has 0 heterocycles. The molecule has 1 aliphatic carbocycles. The molecule has 0 aromatic heterocycles. The minimum Gasteiger partial charge on any atom is -0.409 e.